The fourth-order valence-electron chi connectivity index (χ4n) is 1.66. The maximum absolute atomic E-state index is 2.35. The molecule has 0 aromatic rings. The van der Waals surface area contributed by atoms with Crippen LogP contribution in [-0.4, -0.2) is 0 Å². The van der Waals surface area contributed by atoms with Crippen LogP contribution in [0.2, 0.25) is 0 Å². The Hall–Kier alpha value is -0.260. The first kappa shape index (κ1) is 14.7. The van der Waals surface area contributed by atoms with Crippen molar-refractivity contribution in [2.45, 2.75) is 79.1 Å². The molecule has 0 amide bonds. The van der Waals surface area contributed by atoms with Gasteiger partial charge in [0.15, 0.2) is 0 Å². The molecule has 15 heavy (non-hydrogen) atoms. The van der Waals surface area contributed by atoms with Crippen molar-refractivity contribution in [2.75, 3.05) is 0 Å². The Labute approximate surface area is 97.2 Å². The Bertz CT molecular complexity index is 148. The molecule has 0 nitrogen and oxygen atoms in total. The predicted octanol–water partition coefficient (Wildman–Crippen LogP) is 5.73. The van der Waals surface area contributed by atoms with E-state index in [1.54, 1.807) is 0 Å². The zero-order valence-corrected chi connectivity index (χ0v) is 11.3. The lowest BCUT2D eigenvalue weighted by molar-refractivity contribution is 0.539. The molecule has 0 N–H and O–H groups in total. The highest BCUT2D eigenvalue weighted by Gasteiger charge is 2.02. The smallest absolute Gasteiger partial charge is 0.0203 e. The molecule has 0 aromatic heterocycles. The SMILES string of the molecule is CCCCCCCCC/C=C/C(C)(C)C. The van der Waals surface area contributed by atoms with Crippen molar-refractivity contribution in [1.82, 2.24) is 0 Å². The van der Waals surface area contributed by atoms with Gasteiger partial charge in [-0.1, -0.05) is 78.4 Å². The standard InChI is InChI=1S/C15H30/c1-5-6-7-8-9-10-11-12-13-14-15(2,3)4/h13-14H,5-12H2,1-4H3/b14-13+. The van der Waals surface area contributed by atoms with Crippen LogP contribution in [-0.2, 0) is 0 Å². The molecular formula is C15H30. The third-order valence-corrected chi connectivity index (χ3v) is 2.59. The monoisotopic (exact) mass is 210 g/mol. The van der Waals surface area contributed by atoms with Gasteiger partial charge in [0.05, 0.1) is 0 Å². The van der Waals surface area contributed by atoms with Crippen LogP contribution in [0.15, 0.2) is 12.2 Å². The summed E-state index contributed by atoms with van der Waals surface area (Å²) in [4.78, 5) is 0. The van der Waals surface area contributed by atoms with Crippen molar-refractivity contribution in [2.24, 2.45) is 5.41 Å². The van der Waals surface area contributed by atoms with E-state index >= 15 is 0 Å². The van der Waals surface area contributed by atoms with E-state index in [4.69, 9.17) is 0 Å². The summed E-state index contributed by atoms with van der Waals surface area (Å²) in [5, 5.41) is 0. The lowest BCUT2D eigenvalue weighted by Gasteiger charge is -2.10. The van der Waals surface area contributed by atoms with Gasteiger partial charge in [-0.15, -0.1) is 0 Å². The van der Waals surface area contributed by atoms with Crippen LogP contribution < -0.4 is 0 Å². The largest absolute Gasteiger partial charge is 0.0880 e. The van der Waals surface area contributed by atoms with Crippen LogP contribution in [0.5, 0.6) is 0 Å². The van der Waals surface area contributed by atoms with Gasteiger partial charge >= 0.3 is 0 Å². The van der Waals surface area contributed by atoms with Gasteiger partial charge in [-0.2, -0.15) is 0 Å². The van der Waals surface area contributed by atoms with E-state index in [0.717, 1.165) is 0 Å². The molecule has 0 heteroatoms. The summed E-state index contributed by atoms with van der Waals surface area (Å²) >= 11 is 0. The molecule has 0 aromatic carbocycles. The molecule has 0 aliphatic rings. The number of allylic oxidation sites excluding steroid dienone is 2. The maximum Gasteiger partial charge on any atom is -0.0203 e. The van der Waals surface area contributed by atoms with Crippen molar-refractivity contribution in [1.29, 1.82) is 0 Å². The highest BCUT2D eigenvalue weighted by Crippen LogP contribution is 2.16. The zero-order valence-electron chi connectivity index (χ0n) is 11.3. The Morgan fingerprint density at radius 1 is 0.800 bits per heavy atom. The van der Waals surface area contributed by atoms with Gasteiger partial charge in [0.25, 0.3) is 0 Å². The summed E-state index contributed by atoms with van der Waals surface area (Å²) < 4.78 is 0. The summed E-state index contributed by atoms with van der Waals surface area (Å²) in [6.07, 6.45) is 15.8. The highest BCUT2D eigenvalue weighted by molar-refractivity contribution is 4.91. The molecule has 0 aliphatic heterocycles. The first-order valence-electron chi connectivity index (χ1n) is 6.74. The van der Waals surface area contributed by atoms with Crippen molar-refractivity contribution in [3.63, 3.8) is 0 Å². The second-order valence-electron chi connectivity index (χ2n) is 5.68. The average molecular weight is 210 g/mol. The second kappa shape index (κ2) is 9.00. The minimum atomic E-state index is 0.362. The number of hydrogen-bond donors (Lipinski definition) is 0. The molecule has 0 rings (SSSR count). The summed E-state index contributed by atoms with van der Waals surface area (Å²) in [7, 11) is 0. The van der Waals surface area contributed by atoms with E-state index in [1.165, 1.54) is 51.4 Å². The Kier molecular flexibility index (Phi) is 8.85. The Morgan fingerprint density at radius 2 is 1.33 bits per heavy atom. The molecule has 0 saturated heterocycles. The first-order valence-corrected chi connectivity index (χ1v) is 6.74. The third-order valence-electron chi connectivity index (χ3n) is 2.59. The number of rotatable bonds is 8. The number of hydrogen-bond acceptors (Lipinski definition) is 0. The van der Waals surface area contributed by atoms with E-state index in [2.05, 4.69) is 39.8 Å². The molecule has 0 spiro atoms. The van der Waals surface area contributed by atoms with Gasteiger partial charge in [0, 0.05) is 0 Å². The normalized spacial score (nSPS) is 12.5. The van der Waals surface area contributed by atoms with Gasteiger partial charge in [0.2, 0.25) is 0 Å². The fourth-order valence-corrected chi connectivity index (χ4v) is 1.66. The molecule has 0 bridgehead atoms. The third kappa shape index (κ3) is 13.7. The molecule has 90 valence electrons. The van der Waals surface area contributed by atoms with Gasteiger partial charge in [-0.25, -0.2) is 0 Å². The number of unbranched alkanes of at least 4 members (excludes halogenated alkanes) is 7. The highest BCUT2D eigenvalue weighted by atomic mass is 14.1. The molecule has 0 radical (unpaired) electrons. The van der Waals surface area contributed by atoms with Crippen LogP contribution in [0.3, 0.4) is 0 Å². The van der Waals surface area contributed by atoms with Crippen LogP contribution >= 0.6 is 0 Å². The van der Waals surface area contributed by atoms with E-state index in [1.807, 2.05) is 0 Å². The van der Waals surface area contributed by atoms with Gasteiger partial charge < -0.3 is 0 Å². The van der Waals surface area contributed by atoms with Crippen molar-refractivity contribution in [3.8, 4) is 0 Å². The van der Waals surface area contributed by atoms with Crippen molar-refractivity contribution >= 4 is 0 Å². The van der Waals surface area contributed by atoms with Crippen LogP contribution in [0.1, 0.15) is 79.1 Å². The molecule has 0 fully saturated rings. The Balaban J connectivity index is 3.15. The van der Waals surface area contributed by atoms with Crippen LogP contribution in [0, 0.1) is 5.41 Å². The topological polar surface area (TPSA) is 0 Å². The summed E-state index contributed by atoms with van der Waals surface area (Å²) in [6.45, 7) is 9.05. The summed E-state index contributed by atoms with van der Waals surface area (Å²) in [5.74, 6) is 0. The Morgan fingerprint density at radius 3 is 1.87 bits per heavy atom. The molecular weight excluding hydrogens is 180 g/mol. The van der Waals surface area contributed by atoms with E-state index < -0.39 is 0 Å². The quantitative estimate of drug-likeness (QED) is 0.354. The zero-order chi connectivity index (χ0) is 11.6. The van der Waals surface area contributed by atoms with Gasteiger partial charge in [0.1, 0.15) is 0 Å². The first-order chi connectivity index (χ1) is 7.06. The van der Waals surface area contributed by atoms with Gasteiger partial charge in [-0.05, 0) is 18.3 Å². The van der Waals surface area contributed by atoms with Crippen LogP contribution in [0.25, 0.3) is 0 Å². The van der Waals surface area contributed by atoms with Crippen molar-refractivity contribution in [3.05, 3.63) is 12.2 Å². The predicted molar refractivity (Wildman–Crippen MR) is 71.2 cm³/mol. The molecule has 0 unspecified atom stereocenters. The lowest BCUT2D eigenvalue weighted by atomic mass is 9.95. The fraction of sp³-hybridized carbons (Fsp3) is 0.867. The van der Waals surface area contributed by atoms with Crippen molar-refractivity contribution < 1.29 is 0 Å². The van der Waals surface area contributed by atoms with E-state index in [9.17, 15) is 0 Å². The minimum absolute atomic E-state index is 0.362. The molecule has 0 heterocycles. The maximum atomic E-state index is 2.35. The molecule has 0 aliphatic carbocycles. The van der Waals surface area contributed by atoms with E-state index in [0.29, 0.717) is 5.41 Å². The summed E-state index contributed by atoms with van der Waals surface area (Å²) in [5.41, 5.74) is 0.362. The minimum Gasteiger partial charge on any atom is -0.0880 e. The molecule has 0 saturated carbocycles. The van der Waals surface area contributed by atoms with Gasteiger partial charge in [-0.3, -0.25) is 0 Å². The van der Waals surface area contributed by atoms with Crippen LogP contribution in [0.4, 0.5) is 0 Å². The van der Waals surface area contributed by atoms with E-state index in [-0.39, 0.29) is 0 Å². The molecule has 0 atom stereocenters. The second-order valence-corrected chi connectivity index (χ2v) is 5.68. The summed E-state index contributed by atoms with van der Waals surface area (Å²) in [6, 6.07) is 0. The average Bonchev–Trinajstić information content (AvgIpc) is 2.14. The lowest BCUT2D eigenvalue weighted by Crippen LogP contribution is -1.98.